The van der Waals surface area contributed by atoms with Crippen LogP contribution in [0.15, 0.2) is 41.3 Å². The lowest BCUT2D eigenvalue weighted by Gasteiger charge is -2.22. The Hall–Kier alpha value is -1.94. The molecule has 0 saturated carbocycles. The van der Waals surface area contributed by atoms with Crippen LogP contribution in [-0.2, 0) is 4.79 Å². The largest absolute Gasteiger partial charge is 0.496 e. The van der Waals surface area contributed by atoms with Gasteiger partial charge in [0.2, 0.25) is 5.91 Å². The first kappa shape index (κ1) is 21.4. The minimum Gasteiger partial charge on any atom is -0.496 e. The van der Waals surface area contributed by atoms with Crippen molar-refractivity contribution in [2.24, 2.45) is 0 Å². The number of methoxy groups -OCH3 is 1. The van der Waals surface area contributed by atoms with E-state index in [9.17, 15) is 4.79 Å². The molecule has 2 aromatic carbocycles. The molecule has 0 bridgehead atoms. The average Bonchev–Trinajstić information content (AvgIpc) is 2.62. The van der Waals surface area contributed by atoms with Gasteiger partial charge in [-0.1, -0.05) is 31.5 Å². The molecule has 3 nitrogen and oxygen atoms in total. The highest BCUT2D eigenvalue weighted by Crippen LogP contribution is 2.32. The predicted molar refractivity (Wildman–Crippen MR) is 115 cm³/mol. The van der Waals surface area contributed by atoms with Gasteiger partial charge < -0.3 is 10.1 Å². The molecule has 4 heteroatoms. The zero-order valence-electron chi connectivity index (χ0n) is 17.4. The molecule has 0 aromatic heterocycles. The summed E-state index contributed by atoms with van der Waals surface area (Å²) in [6.07, 6.45) is 0. The van der Waals surface area contributed by atoms with E-state index >= 15 is 0 Å². The maximum absolute atomic E-state index is 12.7. The van der Waals surface area contributed by atoms with E-state index in [1.54, 1.807) is 18.9 Å². The van der Waals surface area contributed by atoms with Crippen molar-refractivity contribution in [1.82, 2.24) is 5.32 Å². The second-order valence-electron chi connectivity index (χ2n) is 7.41. The zero-order chi connectivity index (χ0) is 20.1. The highest BCUT2D eigenvalue weighted by atomic mass is 32.2. The molecule has 0 spiro atoms. The van der Waals surface area contributed by atoms with Crippen molar-refractivity contribution in [2.45, 2.75) is 63.6 Å². The zero-order valence-corrected chi connectivity index (χ0v) is 18.2. The van der Waals surface area contributed by atoms with Crippen molar-refractivity contribution >= 4 is 17.7 Å². The lowest BCUT2D eigenvalue weighted by Crippen LogP contribution is -2.33. The van der Waals surface area contributed by atoms with Crippen molar-refractivity contribution in [3.63, 3.8) is 0 Å². The monoisotopic (exact) mass is 385 g/mol. The fourth-order valence-electron chi connectivity index (χ4n) is 3.09. The molecule has 0 aliphatic rings. The summed E-state index contributed by atoms with van der Waals surface area (Å²) in [6.45, 7) is 12.4. The number of carbonyl (C=O) groups excluding carboxylic acids is 1. The van der Waals surface area contributed by atoms with Crippen LogP contribution in [0.5, 0.6) is 5.75 Å². The van der Waals surface area contributed by atoms with Crippen LogP contribution in [0.3, 0.4) is 0 Å². The summed E-state index contributed by atoms with van der Waals surface area (Å²) in [4.78, 5) is 13.8. The minimum absolute atomic E-state index is 0.0504. The molecule has 0 aliphatic heterocycles. The number of hydrogen-bond acceptors (Lipinski definition) is 3. The first-order chi connectivity index (χ1) is 12.7. The van der Waals surface area contributed by atoms with Gasteiger partial charge in [0.15, 0.2) is 0 Å². The van der Waals surface area contributed by atoms with Crippen molar-refractivity contribution in [2.75, 3.05) is 7.11 Å². The Morgan fingerprint density at radius 1 is 1.00 bits per heavy atom. The lowest BCUT2D eigenvalue weighted by atomic mass is 9.93. The Kier molecular flexibility index (Phi) is 7.37. The SMILES string of the molecule is COc1cc(C)c(C(C)NC(=O)C(C)Sc2ccc(C)cc2)cc1C(C)C. The van der Waals surface area contributed by atoms with E-state index in [-0.39, 0.29) is 17.2 Å². The first-order valence-corrected chi connectivity index (χ1v) is 10.3. The Bertz CT molecular complexity index is 784. The summed E-state index contributed by atoms with van der Waals surface area (Å²) < 4.78 is 5.53. The van der Waals surface area contributed by atoms with Crippen LogP contribution in [-0.4, -0.2) is 18.3 Å². The molecule has 1 amide bonds. The molecule has 0 aliphatic carbocycles. The lowest BCUT2D eigenvalue weighted by molar-refractivity contribution is -0.120. The van der Waals surface area contributed by atoms with Crippen molar-refractivity contribution in [1.29, 1.82) is 0 Å². The molecular formula is C23H31NO2S. The van der Waals surface area contributed by atoms with E-state index in [1.165, 1.54) is 11.1 Å². The molecule has 0 fully saturated rings. The van der Waals surface area contributed by atoms with Crippen LogP contribution >= 0.6 is 11.8 Å². The third kappa shape index (κ3) is 5.52. The fourth-order valence-corrected chi connectivity index (χ4v) is 3.97. The van der Waals surface area contributed by atoms with Crippen LogP contribution < -0.4 is 10.1 Å². The normalized spacial score (nSPS) is 13.3. The maximum Gasteiger partial charge on any atom is 0.233 e. The second kappa shape index (κ2) is 9.32. The molecule has 2 unspecified atom stereocenters. The molecule has 2 atom stereocenters. The number of carbonyl (C=O) groups is 1. The van der Waals surface area contributed by atoms with Crippen molar-refractivity contribution in [3.05, 3.63) is 58.7 Å². The van der Waals surface area contributed by atoms with Gasteiger partial charge in [0.1, 0.15) is 5.75 Å². The summed E-state index contributed by atoms with van der Waals surface area (Å²) in [7, 11) is 1.70. The van der Waals surface area contributed by atoms with E-state index in [0.717, 1.165) is 21.8 Å². The molecule has 2 aromatic rings. The van der Waals surface area contributed by atoms with Gasteiger partial charge in [-0.05, 0) is 74.6 Å². The minimum atomic E-state index is -0.154. The summed E-state index contributed by atoms with van der Waals surface area (Å²) >= 11 is 1.58. The van der Waals surface area contributed by atoms with E-state index < -0.39 is 0 Å². The maximum atomic E-state index is 12.7. The third-order valence-electron chi connectivity index (χ3n) is 4.77. The van der Waals surface area contributed by atoms with Crippen molar-refractivity contribution in [3.8, 4) is 5.75 Å². The van der Waals surface area contributed by atoms with Crippen LogP contribution in [0.4, 0.5) is 0 Å². The van der Waals surface area contributed by atoms with Crippen LogP contribution in [0.2, 0.25) is 0 Å². The third-order valence-corrected chi connectivity index (χ3v) is 5.88. The van der Waals surface area contributed by atoms with Gasteiger partial charge in [0.05, 0.1) is 18.4 Å². The summed E-state index contributed by atoms with van der Waals surface area (Å²) in [5.74, 6) is 1.32. The van der Waals surface area contributed by atoms with Gasteiger partial charge in [-0.25, -0.2) is 0 Å². The number of amides is 1. The predicted octanol–water partition coefficient (Wildman–Crippen LogP) is 5.79. The summed E-state index contributed by atoms with van der Waals surface area (Å²) in [5.41, 5.74) is 4.66. The number of rotatable bonds is 7. The number of nitrogens with one attached hydrogen (secondary N) is 1. The van der Waals surface area contributed by atoms with Crippen molar-refractivity contribution < 1.29 is 9.53 Å². The molecule has 0 radical (unpaired) electrons. The Morgan fingerprint density at radius 2 is 1.63 bits per heavy atom. The summed E-state index contributed by atoms with van der Waals surface area (Å²) in [6, 6.07) is 12.5. The number of aryl methyl sites for hydroxylation is 2. The molecule has 0 heterocycles. The highest BCUT2D eigenvalue weighted by Gasteiger charge is 2.20. The summed E-state index contributed by atoms with van der Waals surface area (Å²) in [5, 5.41) is 3.02. The van der Waals surface area contributed by atoms with Crippen LogP contribution in [0.25, 0.3) is 0 Å². The Morgan fingerprint density at radius 3 is 2.19 bits per heavy atom. The highest BCUT2D eigenvalue weighted by molar-refractivity contribution is 8.00. The van der Waals surface area contributed by atoms with Crippen LogP contribution in [0, 0.1) is 13.8 Å². The quantitative estimate of drug-likeness (QED) is 0.613. The molecule has 1 N–H and O–H groups in total. The van der Waals surface area contributed by atoms with Gasteiger partial charge in [-0.2, -0.15) is 0 Å². The van der Waals surface area contributed by atoms with E-state index in [4.69, 9.17) is 4.74 Å². The second-order valence-corrected chi connectivity index (χ2v) is 8.82. The average molecular weight is 386 g/mol. The fraction of sp³-hybridized carbons (Fsp3) is 0.435. The van der Waals surface area contributed by atoms with Crippen LogP contribution in [0.1, 0.15) is 61.9 Å². The van der Waals surface area contributed by atoms with Gasteiger partial charge in [-0.3, -0.25) is 4.79 Å². The van der Waals surface area contributed by atoms with Gasteiger partial charge in [-0.15, -0.1) is 11.8 Å². The number of thioether (sulfide) groups is 1. The Labute approximate surface area is 167 Å². The molecule has 27 heavy (non-hydrogen) atoms. The van der Waals surface area contributed by atoms with Gasteiger partial charge >= 0.3 is 0 Å². The standard InChI is InChI=1S/C23H31NO2S/c1-14(2)20-13-21(16(4)12-22(20)26-7)17(5)24-23(25)18(6)27-19-10-8-15(3)9-11-19/h8-14,17-18H,1-7H3,(H,24,25). The molecular weight excluding hydrogens is 354 g/mol. The molecule has 0 saturated heterocycles. The topological polar surface area (TPSA) is 38.3 Å². The number of hydrogen-bond donors (Lipinski definition) is 1. The number of ether oxygens (including phenoxy) is 1. The number of benzene rings is 2. The van der Waals surface area contributed by atoms with E-state index in [2.05, 4.69) is 69.4 Å². The van der Waals surface area contributed by atoms with E-state index in [0.29, 0.717) is 5.92 Å². The van der Waals surface area contributed by atoms with Gasteiger partial charge in [0.25, 0.3) is 0 Å². The smallest absolute Gasteiger partial charge is 0.233 e. The molecule has 2 rings (SSSR count). The molecule has 146 valence electrons. The Balaban J connectivity index is 2.11. The van der Waals surface area contributed by atoms with Gasteiger partial charge in [0, 0.05) is 4.90 Å². The first-order valence-electron chi connectivity index (χ1n) is 9.45. The van der Waals surface area contributed by atoms with E-state index in [1.807, 2.05) is 13.8 Å².